The van der Waals surface area contributed by atoms with Crippen molar-refractivity contribution < 1.29 is 0 Å². The Kier molecular flexibility index (Phi) is 3.36. The van der Waals surface area contributed by atoms with Crippen LogP contribution in [0.1, 0.15) is 16.0 Å². The average Bonchev–Trinajstić information content (AvgIpc) is 2.74. The minimum atomic E-state index is 0.271. The summed E-state index contributed by atoms with van der Waals surface area (Å²) in [6.07, 6.45) is 0. The molecule has 20 heavy (non-hydrogen) atoms. The number of nitrogens with zero attached hydrogens (tertiary/aromatic N) is 2. The van der Waals surface area contributed by atoms with Crippen LogP contribution in [0.5, 0.6) is 0 Å². The quantitative estimate of drug-likeness (QED) is 0.676. The van der Waals surface area contributed by atoms with E-state index in [1.54, 1.807) is 11.3 Å². The zero-order valence-electron chi connectivity index (χ0n) is 11.5. The van der Waals surface area contributed by atoms with Crippen LogP contribution in [0.3, 0.4) is 0 Å². The van der Waals surface area contributed by atoms with Gasteiger partial charge in [-0.25, -0.2) is 4.98 Å². The average molecular weight is 304 g/mol. The van der Waals surface area contributed by atoms with Crippen LogP contribution in [-0.4, -0.2) is 9.97 Å². The van der Waals surface area contributed by atoms with Crippen molar-refractivity contribution >= 4 is 44.7 Å². The van der Waals surface area contributed by atoms with E-state index in [0.29, 0.717) is 0 Å². The summed E-state index contributed by atoms with van der Waals surface area (Å²) < 4.78 is 0. The van der Waals surface area contributed by atoms with E-state index in [9.17, 15) is 0 Å². The molecular formula is C15H14ClN3S. The minimum Gasteiger partial charge on any atom is -0.339 e. The topological polar surface area (TPSA) is 37.8 Å². The Balaban J connectivity index is 2.12. The van der Waals surface area contributed by atoms with E-state index in [2.05, 4.69) is 60.3 Å². The molecule has 0 aliphatic heterocycles. The molecule has 3 rings (SSSR count). The summed E-state index contributed by atoms with van der Waals surface area (Å²) >= 11 is 7.64. The number of benzene rings is 1. The van der Waals surface area contributed by atoms with Crippen molar-refractivity contribution in [2.75, 3.05) is 5.32 Å². The summed E-state index contributed by atoms with van der Waals surface area (Å²) in [4.78, 5) is 10.7. The standard InChI is InChI=1S/C15H14ClN3S/c1-8-4-5-9(2)12(6-8)17-13-11-7-10(3)20-14(11)19-15(16)18-13/h4-7H,1-3H3,(H,17,18,19). The van der Waals surface area contributed by atoms with Gasteiger partial charge in [-0.2, -0.15) is 4.98 Å². The van der Waals surface area contributed by atoms with Crippen LogP contribution in [-0.2, 0) is 0 Å². The third kappa shape index (κ3) is 2.49. The van der Waals surface area contributed by atoms with Gasteiger partial charge in [-0.3, -0.25) is 0 Å². The lowest BCUT2D eigenvalue weighted by atomic mass is 10.1. The number of halogens is 1. The summed E-state index contributed by atoms with van der Waals surface area (Å²) in [6, 6.07) is 8.38. The molecule has 0 atom stereocenters. The number of hydrogen-bond acceptors (Lipinski definition) is 4. The first-order chi connectivity index (χ1) is 9.52. The second-order valence-electron chi connectivity index (χ2n) is 4.86. The third-order valence-corrected chi connectivity index (χ3v) is 4.25. The van der Waals surface area contributed by atoms with E-state index in [0.717, 1.165) is 21.7 Å². The summed E-state index contributed by atoms with van der Waals surface area (Å²) in [7, 11) is 0. The second kappa shape index (κ2) is 5.04. The molecule has 0 unspecified atom stereocenters. The Morgan fingerprint density at radius 3 is 2.70 bits per heavy atom. The molecule has 1 aromatic carbocycles. The Labute approximate surface area is 126 Å². The van der Waals surface area contributed by atoms with Gasteiger partial charge in [0, 0.05) is 10.6 Å². The van der Waals surface area contributed by atoms with Crippen molar-refractivity contribution in [3.8, 4) is 0 Å². The number of rotatable bonds is 2. The van der Waals surface area contributed by atoms with Crippen molar-refractivity contribution in [2.24, 2.45) is 0 Å². The fraction of sp³-hybridized carbons (Fsp3) is 0.200. The fourth-order valence-electron chi connectivity index (χ4n) is 2.11. The van der Waals surface area contributed by atoms with Crippen LogP contribution in [0.15, 0.2) is 24.3 Å². The van der Waals surface area contributed by atoms with Crippen LogP contribution >= 0.6 is 22.9 Å². The van der Waals surface area contributed by atoms with Gasteiger partial charge in [-0.15, -0.1) is 11.3 Å². The predicted octanol–water partition coefficient (Wildman–Crippen LogP) is 5.01. The molecule has 0 saturated carbocycles. The predicted molar refractivity (Wildman–Crippen MR) is 86.4 cm³/mol. The monoisotopic (exact) mass is 303 g/mol. The largest absolute Gasteiger partial charge is 0.339 e. The van der Waals surface area contributed by atoms with Gasteiger partial charge in [0.15, 0.2) is 0 Å². The maximum atomic E-state index is 6.01. The fourth-order valence-corrected chi connectivity index (χ4v) is 3.21. The number of thiophene rings is 1. The summed E-state index contributed by atoms with van der Waals surface area (Å²) in [5, 5.41) is 4.66. The zero-order valence-corrected chi connectivity index (χ0v) is 13.1. The molecule has 2 heterocycles. The van der Waals surface area contributed by atoms with Crippen molar-refractivity contribution in [2.45, 2.75) is 20.8 Å². The highest BCUT2D eigenvalue weighted by atomic mass is 35.5. The number of hydrogen-bond donors (Lipinski definition) is 1. The van der Waals surface area contributed by atoms with Gasteiger partial charge >= 0.3 is 0 Å². The Morgan fingerprint density at radius 2 is 1.90 bits per heavy atom. The molecule has 0 radical (unpaired) electrons. The van der Waals surface area contributed by atoms with Crippen molar-refractivity contribution in [3.63, 3.8) is 0 Å². The van der Waals surface area contributed by atoms with E-state index in [4.69, 9.17) is 11.6 Å². The van der Waals surface area contributed by atoms with Gasteiger partial charge in [-0.1, -0.05) is 12.1 Å². The maximum Gasteiger partial charge on any atom is 0.225 e. The SMILES string of the molecule is Cc1ccc(C)c(Nc2nc(Cl)nc3sc(C)cc23)c1. The molecule has 0 bridgehead atoms. The number of anilines is 2. The second-order valence-corrected chi connectivity index (χ2v) is 6.43. The maximum absolute atomic E-state index is 6.01. The van der Waals surface area contributed by atoms with Crippen LogP contribution in [0, 0.1) is 20.8 Å². The van der Waals surface area contributed by atoms with E-state index < -0.39 is 0 Å². The van der Waals surface area contributed by atoms with E-state index in [-0.39, 0.29) is 5.28 Å². The lowest BCUT2D eigenvalue weighted by molar-refractivity contribution is 1.22. The number of aromatic nitrogens is 2. The van der Waals surface area contributed by atoms with Crippen LogP contribution in [0.25, 0.3) is 10.2 Å². The highest BCUT2D eigenvalue weighted by Gasteiger charge is 2.10. The van der Waals surface area contributed by atoms with E-state index in [1.165, 1.54) is 16.0 Å². The molecule has 3 nitrogen and oxygen atoms in total. The first kappa shape index (κ1) is 13.3. The molecule has 0 amide bonds. The van der Waals surface area contributed by atoms with Crippen LogP contribution < -0.4 is 5.32 Å². The van der Waals surface area contributed by atoms with Crippen molar-refractivity contribution in [1.29, 1.82) is 0 Å². The third-order valence-electron chi connectivity index (χ3n) is 3.13. The van der Waals surface area contributed by atoms with Crippen LogP contribution in [0.2, 0.25) is 5.28 Å². The summed E-state index contributed by atoms with van der Waals surface area (Å²) in [6.45, 7) is 6.20. The number of aryl methyl sites for hydroxylation is 3. The van der Waals surface area contributed by atoms with Crippen molar-refractivity contribution in [1.82, 2.24) is 9.97 Å². The van der Waals surface area contributed by atoms with Gasteiger partial charge in [0.25, 0.3) is 0 Å². The van der Waals surface area contributed by atoms with Gasteiger partial charge in [0.2, 0.25) is 5.28 Å². The molecule has 2 aromatic heterocycles. The zero-order chi connectivity index (χ0) is 14.3. The van der Waals surface area contributed by atoms with Gasteiger partial charge in [0.05, 0.1) is 5.39 Å². The minimum absolute atomic E-state index is 0.271. The summed E-state index contributed by atoms with van der Waals surface area (Å²) in [5.41, 5.74) is 3.42. The lowest BCUT2D eigenvalue weighted by Gasteiger charge is -2.10. The Bertz CT molecular complexity index is 795. The molecule has 0 fully saturated rings. The smallest absolute Gasteiger partial charge is 0.225 e. The molecule has 0 aliphatic carbocycles. The van der Waals surface area contributed by atoms with Crippen LogP contribution in [0.4, 0.5) is 11.5 Å². The Morgan fingerprint density at radius 1 is 1.10 bits per heavy atom. The first-order valence-corrected chi connectivity index (χ1v) is 7.50. The van der Waals surface area contributed by atoms with Gasteiger partial charge < -0.3 is 5.32 Å². The summed E-state index contributed by atoms with van der Waals surface area (Å²) in [5.74, 6) is 0.762. The first-order valence-electron chi connectivity index (χ1n) is 6.31. The van der Waals surface area contributed by atoms with Gasteiger partial charge in [-0.05, 0) is 55.6 Å². The molecule has 1 N–H and O–H groups in total. The molecule has 102 valence electrons. The molecule has 5 heteroatoms. The van der Waals surface area contributed by atoms with Crippen molar-refractivity contribution in [3.05, 3.63) is 45.6 Å². The molecule has 0 spiro atoms. The highest BCUT2D eigenvalue weighted by molar-refractivity contribution is 7.18. The highest BCUT2D eigenvalue weighted by Crippen LogP contribution is 2.32. The molecular weight excluding hydrogens is 290 g/mol. The van der Waals surface area contributed by atoms with Gasteiger partial charge in [0.1, 0.15) is 10.6 Å². The number of nitrogens with one attached hydrogen (secondary N) is 1. The number of fused-ring (bicyclic) bond motifs is 1. The Hall–Kier alpha value is -1.65. The molecule has 0 saturated heterocycles. The normalized spacial score (nSPS) is 11.0. The van der Waals surface area contributed by atoms with E-state index in [1.807, 2.05) is 0 Å². The lowest BCUT2D eigenvalue weighted by Crippen LogP contribution is -1.98. The molecule has 0 aliphatic rings. The molecule has 3 aromatic rings. The van der Waals surface area contributed by atoms with E-state index >= 15 is 0 Å².